The van der Waals surface area contributed by atoms with Crippen LogP contribution in [-0.2, 0) is 22.8 Å². The Morgan fingerprint density at radius 1 is 0.816 bits per heavy atom. The van der Waals surface area contributed by atoms with Crippen LogP contribution in [-0.4, -0.2) is 44.1 Å². The lowest BCUT2D eigenvalue weighted by Gasteiger charge is -2.22. The van der Waals surface area contributed by atoms with Crippen molar-refractivity contribution in [2.45, 2.75) is 31.0 Å². The van der Waals surface area contributed by atoms with Crippen LogP contribution in [0.5, 0.6) is 11.5 Å². The molecule has 2 unspecified atom stereocenters. The summed E-state index contributed by atoms with van der Waals surface area (Å²) in [6.45, 7) is 0.463. The molecular formula is C29H27NO7S. The van der Waals surface area contributed by atoms with E-state index in [4.69, 9.17) is 14.6 Å². The number of ether oxygens (including phenoxy) is 2. The Labute approximate surface area is 223 Å². The number of aliphatic hydroxyl groups excluding tert-OH is 1. The van der Waals surface area contributed by atoms with Gasteiger partial charge in [-0.15, -0.1) is 11.8 Å². The maximum atomic E-state index is 11.5. The molecule has 0 aliphatic carbocycles. The molecule has 0 aliphatic heterocycles. The first-order valence-corrected chi connectivity index (χ1v) is 13.0. The second kappa shape index (κ2) is 12.9. The summed E-state index contributed by atoms with van der Waals surface area (Å²) in [5.74, 6) is -0.950. The van der Waals surface area contributed by atoms with Gasteiger partial charge in [-0.1, -0.05) is 48.5 Å². The minimum absolute atomic E-state index is 0.139. The van der Waals surface area contributed by atoms with E-state index in [1.807, 2.05) is 36.4 Å². The van der Waals surface area contributed by atoms with Crippen LogP contribution in [0.15, 0.2) is 84.9 Å². The molecule has 2 atom stereocenters. The summed E-state index contributed by atoms with van der Waals surface area (Å²) < 4.78 is 11.8. The van der Waals surface area contributed by atoms with Gasteiger partial charge in [0.1, 0.15) is 24.7 Å². The Hall–Kier alpha value is -4.08. The van der Waals surface area contributed by atoms with Crippen LogP contribution in [0.1, 0.15) is 28.5 Å². The predicted octanol–water partition coefficient (Wildman–Crippen LogP) is 5.09. The zero-order valence-corrected chi connectivity index (χ0v) is 21.2. The topological polar surface area (TPSA) is 126 Å². The van der Waals surface area contributed by atoms with Gasteiger partial charge in [0, 0.05) is 11.1 Å². The molecule has 8 nitrogen and oxygen atoms in total. The van der Waals surface area contributed by atoms with Crippen molar-refractivity contribution in [1.29, 1.82) is 0 Å². The summed E-state index contributed by atoms with van der Waals surface area (Å²) in [6.07, 6.45) is -1.83. The summed E-state index contributed by atoms with van der Waals surface area (Å²) in [7, 11) is 0. The number of nitrogens with zero attached hydrogens (tertiary/aromatic N) is 1. The van der Waals surface area contributed by atoms with Crippen LogP contribution >= 0.6 is 11.8 Å². The van der Waals surface area contributed by atoms with Crippen LogP contribution < -0.4 is 9.47 Å². The van der Waals surface area contributed by atoms with Gasteiger partial charge in [0.2, 0.25) is 0 Å². The first kappa shape index (κ1) is 27.0. The fourth-order valence-electron chi connectivity index (χ4n) is 3.84. The van der Waals surface area contributed by atoms with Crippen molar-refractivity contribution < 1.29 is 34.4 Å². The molecule has 0 aliphatic rings. The Morgan fingerprint density at radius 2 is 1.47 bits per heavy atom. The average molecular weight is 534 g/mol. The molecule has 0 amide bonds. The molecule has 0 saturated carbocycles. The molecule has 0 bridgehead atoms. The first-order chi connectivity index (χ1) is 18.4. The molecule has 4 rings (SSSR count). The summed E-state index contributed by atoms with van der Waals surface area (Å²) in [5, 5.41) is 28.9. The number of aromatic nitrogens is 1. The van der Waals surface area contributed by atoms with E-state index in [0.717, 1.165) is 28.4 Å². The Bertz CT molecular complexity index is 1390. The highest BCUT2D eigenvalue weighted by Crippen LogP contribution is 2.35. The number of carbonyl (C=O) groups is 2. The Morgan fingerprint density at radius 3 is 2.18 bits per heavy atom. The number of thioether (sulfide) groups is 1. The number of aliphatic hydroxyl groups is 1. The number of fused-ring (bicyclic) bond motifs is 1. The number of para-hydroxylation sites is 1. The van der Waals surface area contributed by atoms with Crippen molar-refractivity contribution >= 4 is 34.6 Å². The maximum absolute atomic E-state index is 11.5. The third kappa shape index (κ3) is 7.24. The van der Waals surface area contributed by atoms with Gasteiger partial charge in [0.05, 0.1) is 22.9 Å². The summed E-state index contributed by atoms with van der Waals surface area (Å²) in [5.41, 5.74) is 3.01. The van der Waals surface area contributed by atoms with Gasteiger partial charge in [-0.2, -0.15) is 0 Å². The van der Waals surface area contributed by atoms with E-state index in [-0.39, 0.29) is 18.8 Å². The van der Waals surface area contributed by atoms with Crippen LogP contribution in [0.3, 0.4) is 0 Å². The molecule has 0 radical (unpaired) electrons. The largest absolute Gasteiger partial charge is 0.489 e. The standard InChI is InChI=1S/C29H27NO7S/c31-26(32)15-16-38-28(27(33)29(34)35)24-7-3-1-6-20(24)17-36-22-11-13-23(14-12-22)37-18-21-10-9-19-5-2-4-8-25(19)30-21/h1-14,27-28,33H,15-18H2,(H,31,32)(H,34,35). The van der Waals surface area contributed by atoms with Gasteiger partial charge in [0.25, 0.3) is 0 Å². The molecule has 1 heterocycles. The highest BCUT2D eigenvalue weighted by molar-refractivity contribution is 7.99. The van der Waals surface area contributed by atoms with E-state index in [0.29, 0.717) is 29.2 Å². The van der Waals surface area contributed by atoms with Gasteiger partial charge in [-0.3, -0.25) is 4.79 Å². The van der Waals surface area contributed by atoms with Crippen molar-refractivity contribution in [3.63, 3.8) is 0 Å². The van der Waals surface area contributed by atoms with E-state index in [9.17, 15) is 19.8 Å². The number of carboxylic acids is 2. The van der Waals surface area contributed by atoms with Crippen LogP contribution in [0.4, 0.5) is 0 Å². The van der Waals surface area contributed by atoms with E-state index in [1.165, 1.54) is 0 Å². The lowest BCUT2D eigenvalue weighted by Crippen LogP contribution is -2.27. The monoisotopic (exact) mass is 533 g/mol. The van der Waals surface area contributed by atoms with Crippen molar-refractivity contribution in [2.75, 3.05) is 5.75 Å². The summed E-state index contributed by atoms with van der Waals surface area (Å²) in [6, 6.07) is 26.0. The summed E-state index contributed by atoms with van der Waals surface area (Å²) in [4.78, 5) is 27.0. The number of hydrogen-bond donors (Lipinski definition) is 3. The van der Waals surface area contributed by atoms with Gasteiger partial charge in [-0.25, -0.2) is 9.78 Å². The smallest absolute Gasteiger partial charge is 0.334 e. The molecule has 3 aromatic carbocycles. The van der Waals surface area contributed by atoms with Gasteiger partial charge >= 0.3 is 11.9 Å². The normalized spacial score (nSPS) is 12.6. The molecule has 196 valence electrons. The lowest BCUT2D eigenvalue weighted by molar-refractivity contribution is -0.146. The van der Waals surface area contributed by atoms with Gasteiger partial charge in [-0.05, 0) is 47.5 Å². The quantitative estimate of drug-likeness (QED) is 0.215. The highest BCUT2D eigenvalue weighted by atomic mass is 32.2. The number of aliphatic carboxylic acids is 2. The Kier molecular flexibility index (Phi) is 9.18. The molecule has 0 saturated heterocycles. The number of benzene rings is 3. The zero-order valence-electron chi connectivity index (χ0n) is 20.4. The minimum atomic E-state index is -1.69. The fraction of sp³-hybridized carbons (Fsp3) is 0.207. The van der Waals surface area contributed by atoms with Crippen LogP contribution in [0.2, 0.25) is 0 Å². The van der Waals surface area contributed by atoms with Gasteiger partial charge < -0.3 is 24.8 Å². The van der Waals surface area contributed by atoms with E-state index >= 15 is 0 Å². The highest BCUT2D eigenvalue weighted by Gasteiger charge is 2.29. The molecule has 4 aromatic rings. The lowest BCUT2D eigenvalue weighted by atomic mass is 10.0. The molecular weight excluding hydrogens is 506 g/mol. The van der Waals surface area contributed by atoms with Crippen molar-refractivity contribution in [3.05, 3.63) is 102 Å². The van der Waals surface area contributed by atoms with Gasteiger partial charge in [0.15, 0.2) is 6.10 Å². The molecule has 1 aromatic heterocycles. The van der Waals surface area contributed by atoms with Crippen molar-refractivity contribution in [2.24, 2.45) is 0 Å². The SMILES string of the molecule is O=C(O)CCSC(c1ccccc1COc1ccc(OCc2ccc3ccccc3n2)cc1)C(O)C(=O)O. The maximum Gasteiger partial charge on any atom is 0.334 e. The third-order valence-corrected chi connectivity index (χ3v) is 7.09. The third-order valence-electron chi connectivity index (χ3n) is 5.78. The molecule has 0 fully saturated rings. The zero-order chi connectivity index (χ0) is 26.9. The van der Waals surface area contributed by atoms with Crippen LogP contribution in [0, 0.1) is 0 Å². The number of pyridine rings is 1. The molecule has 0 spiro atoms. The number of rotatable bonds is 13. The van der Waals surface area contributed by atoms with Crippen molar-refractivity contribution in [1.82, 2.24) is 4.98 Å². The average Bonchev–Trinajstić information content (AvgIpc) is 2.93. The predicted molar refractivity (Wildman–Crippen MR) is 144 cm³/mol. The second-order valence-corrected chi connectivity index (χ2v) is 9.71. The molecule has 3 N–H and O–H groups in total. The fourth-order valence-corrected chi connectivity index (χ4v) is 5.09. The molecule has 38 heavy (non-hydrogen) atoms. The van der Waals surface area contributed by atoms with E-state index in [1.54, 1.807) is 48.5 Å². The number of carboxylic acid groups (broad SMARTS) is 2. The second-order valence-electron chi connectivity index (χ2n) is 8.46. The van der Waals surface area contributed by atoms with E-state index < -0.39 is 23.3 Å². The van der Waals surface area contributed by atoms with E-state index in [2.05, 4.69) is 4.98 Å². The minimum Gasteiger partial charge on any atom is -0.489 e. The first-order valence-electron chi connectivity index (χ1n) is 11.9. The Balaban J connectivity index is 1.38. The van der Waals surface area contributed by atoms with Crippen molar-refractivity contribution in [3.8, 4) is 11.5 Å². The summed E-state index contributed by atoms with van der Waals surface area (Å²) >= 11 is 1.09. The van der Waals surface area contributed by atoms with Crippen LogP contribution in [0.25, 0.3) is 10.9 Å². The number of hydrogen-bond acceptors (Lipinski definition) is 7. The molecule has 9 heteroatoms.